The lowest BCUT2D eigenvalue weighted by molar-refractivity contribution is 0.414. The second kappa shape index (κ2) is 8.34. The number of H-pyrrole nitrogens is 1. The van der Waals surface area contributed by atoms with Crippen molar-refractivity contribution >= 4 is 43.8 Å². The van der Waals surface area contributed by atoms with Crippen molar-refractivity contribution in [3.05, 3.63) is 53.9 Å². The molecule has 0 bridgehead atoms. The maximum absolute atomic E-state index is 12.7. The molecule has 8 heteroatoms. The highest BCUT2D eigenvalue weighted by molar-refractivity contribution is 7.89. The van der Waals surface area contributed by atoms with Gasteiger partial charge in [-0.1, -0.05) is 37.6 Å². The summed E-state index contributed by atoms with van der Waals surface area (Å²) in [5, 5.41) is 0.414. The fraction of sp³-hybridized carbons (Fsp3) is 0.250. The average molecular weight is 420 g/mol. The van der Waals surface area contributed by atoms with Crippen LogP contribution in [0, 0.1) is 0 Å². The number of nitrogens with zero attached hydrogens (tertiary/aromatic N) is 2. The van der Waals surface area contributed by atoms with E-state index in [9.17, 15) is 8.42 Å². The van der Waals surface area contributed by atoms with Crippen LogP contribution in [-0.4, -0.2) is 42.9 Å². The highest BCUT2D eigenvalue weighted by Crippen LogP contribution is 2.26. The van der Waals surface area contributed by atoms with Gasteiger partial charge in [-0.05, 0) is 42.0 Å². The van der Waals surface area contributed by atoms with Crippen molar-refractivity contribution in [2.45, 2.75) is 18.7 Å². The summed E-state index contributed by atoms with van der Waals surface area (Å²) in [6.45, 7) is 4.47. The zero-order chi connectivity index (χ0) is 20.3. The molecule has 6 nitrogen and oxygen atoms in total. The van der Waals surface area contributed by atoms with Crippen molar-refractivity contribution in [1.82, 2.24) is 14.3 Å². The number of aromatic nitrogens is 2. The number of aromatic amines is 1. The first-order valence-electron chi connectivity index (χ1n) is 8.90. The van der Waals surface area contributed by atoms with Crippen molar-refractivity contribution in [1.29, 1.82) is 0 Å². The van der Waals surface area contributed by atoms with Crippen LogP contribution in [0.4, 0.5) is 0 Å². The molecule has 148 valence electrons. The van der Waals surface area contributed by atoms with Gasteiger partial charge in [0.15, 0.2) is 0 Å². The number of methoxy groups -OCH3 is 1. The third kappa shape index (κ3) is 4.06. The smallest absolute Gasteiger partial charge is 0.243 e. The summed E-state index contributed by atoms with van der Waals surface area (Å²) >= 11 is 6.43. The number of nitrogens with one attached hydrogen (secondary N) is 1. The lowest BCUT2D eigenvalue weighted by atomic mass is 10.2. The van der Waals surface area contributed by atoms with E-state index < -0.39 is 10.0 Å². The number of benzene rings is 2. The van der Waals surface area contributed by atoms with Crippen molar-refractivity contribution in [3.63, 3.8) is 0 Å². The molecule has 2 aromatic carbocycles. The highest BCUT2D eigenvalue weighted by Gasteiger charge is 2.22. The summed E-state index contributed by atoms with van der Waals surface area (Å²) in [4.78, 5) is 7.80. The lowest BCUT2D eigenvalue weighted by Gasteiger charge is -2.18. The SMILES string of the molecule is CCN(CC)S(=O)(=O)c1ccc2nc(/C(Cl)=C/c3cccc(OC)c3)[nH]c2c1. The van der Waals surface area contributed by atoms with Crippen molar-refractivity contribution in [3.8, 4) is 5.75 Å². The molecule has 0 atom stereocenters. The Bertz CT molecular complexity index is 1120. The summed E-state index contributed by atoms with van der Waals surface area (Å²) in [6.07, 6.45) is 1.77. The highest BCUT2D eigenvalue weighted by atomic mass is 35.5. The molecule has 0 amide bonds. The molecule has 28 heavy (non-hydrogen) atoms. The van der Waals surface area contributed by atoms with Crippen LogP contribution in [-0.2, 0) is 10.0 Å². The van der Waals surface area contributed by atoms with Gasteiger partial charge < -0.3 is 9.72 Å². The molecule has 1 heterocycles. The second-order valence-electron chi connectivity index (χ2n) is 6.12. The third-order valence-corrected chi connectivity index (χ3v) is 6.74. The number of rotatable bonds is 7. The lowest BCUT2D eigenvalue weighted by Crippen LogP contribution is -2.30. The van der Waals surface area contributed by atoms with E-state index in [2.05, 4.69) is 9.97 Å². The Labute approximate surface area is 169 Å². The van der Waals surface area contributed by atoms with E-state index in [0.717, 1.165) is 11.3 Å². The number of halogens is 1. The van der Waals surface area contributed by atoms with E-state index in [-0.39, 0.29) is 4.90 Å². The molecular formula is C20H22ClN3O3S. The van der Waals surface area contributed by atoms with Crippen LogP contribution >= 0.6 is 11.6 Å². The molecule has 0 fully saturated rings. The van der Waals surface area contributed by atoms with E-state index in [1.807, 2.05) is 38.1 Å². The minimum atomic E-state index is -3.54. The van der Waals surface area contributed by atoms with Crippen LogP contribution in [0.1, 0.15) is 25.2 Å². The largest absolute Gasteiger partial charge is 0.497 e. The van der Waals surface area contributed by atoms with E-state index >= 15 is 0 Å². The van der Waals surface area contributed by atoms with Crippen LogP contribution in [0.3, 0.4) is 0 Å². The van der Waals surface area contributed by atoms with Gasteiger partial charge in [-0.2, -0.15) is 4.31 Å². The first-order valence-corrected chi connectivity index (χ1v) is 10.7. The Morgan fingerprint density at radius 3 is 2.64 bits per heavy atom. The molecule has 1 aromatic heterocycles. The van der Waals surface area contributed by atoms with Gasteiger partial charge in [0.2, 0.25) is 10.0 Å². The van der Waals surface area contributed by atoms with Crippen LogP contribution in [0.2, 0.25) is 0 Å². The predicted molar refractivity (Wildman–Crippen MR) is 113 cm³/mol. The molecule has 0 aliphatic carbocycles. The summed E-state index contributed by atoms with van der Waals surface area (Å²) in [5.41, 5.74) is 2.13. The number of imidazole rings is 1. The van der Waals surface area contributed by atoms with Gasteiger partial charge in [0.1, 0.15) is 11.6 Å². The van der Waals surface area contributed by atoms with Gasteiger partial charge in [-0.15, -0.1) is 0 Å². The standard InChI is InChI=1S/C20H22ClN3O3S/c1-4-24(5-2)28(25,26)16-9-10-18-19(13-16)23-20(22-18)17(21)12-14-7-6-8-15(11-14)27-3/h6-13H,4-5H2,1-3H3,(H,22,23)/b17-12-. The fourth-order valence-electron chi connectivity index (χ4n) is 2.92. The first-order chi connectivity index (χ1) is 13.4. The quantitative estimate of drug-likeness (QED) is 0.618. The van der Waals surface area contributed by atoms with E-state index in [4.69, 9.17) is 16.3 Å². The molecule has 0 aliphatic heterocycles. The molecular weight excluding hydrogens is 398 g/mol. The van der Waals surface area contributed by atoms with Gasteiger partial charge in [-0.3, -0.25) is 0 Å². The molecule has 0 radical (unpaired) electrons. The molecule has 1 N–H and O–H groups in total. The van der Waals surface area contributed by atoms with Gasteiger partial charge in [0.05, 0.1) is 28.1 Å². The Morgan fingerprint density at radius 2 is 1.96 bits per heavy atom. The third-order valence-electron chi connectivity index (χ3n) is 4.41. The van der Waals surface area contributed by atoms with Gasteiger partial charge in [-0.25, -0.2) is 13.4 Å². The Kier molecular flexibility index (Phi) is 6.07. The minimum Gasteiger partial charge on any atom is -0.497 e. The Hall–Kier alpha value is -2.35. The Morgan fingerprint density at radius 1 is 1.21 bits per heavy atom. The maximum Gasteiger partial charge on any atom is 0.243 e. The molecule has 0 saturated carbocycles. The minimum absolute atomic E-state index is 0.229. The molecule has 0 saturated heterocycles. The Balaban J connectivity index is 1.97. The normalized spacial score (nSPS) is 12.7. The van der Waals surface area contributed by atoms with Crippen molar-refractivity contribution < 1.29 is 13.2 Å². The summed E-state index contributed by atoms with van der Waals surface area (Å²) in [7, 11) is -1.93. The number of ether oxygens (including phenoxy) is 1. The van der Waals surface area contributed by atoms with E-state index in [1.54, 1.807) is 31.4 Å². The summed E-state index contributed by atoms with van der Waals surface area (Å²) in [6, 6.07) is 12.3. The topological polar surface area (TPSA) is 75.3 Å². The van der Waals surface area contributed by atoms with Crippen LogP contribution in [0.25, 0.3) is 22.1 Å². The van der Waals surface area contributed by atoms with Crippen molar-refractivity contribution in [2.24, 2.45) is 0 Å². The van der Waals surface area contributed by atoms with Gasteiger partial charge in [0.25, 0.3) is 0 Å². The summed E-state index contributed by atoms with van der Waals surface area (Å²) in [5.74, 6) is 1.20. The van der Waals surface area contributed by atoms with E-state index in [0.29, 0.717) is 35.0 Å². The van der Waals surface area contributed by atoms with Crippen LogP contribution < -0.4 is 4.74 Å². The molecule has 0 aliphatic rings. The predicted octanol–water partition coefficient (Wildman–Crippen LogP) is 4.34. The van der Waals surface area contributed by atoms with Gasteiger partial charge >= 0.3 is 0 Å². The van der Waals surface area contributed by atoms with Crippen LogP contribution in [0.5, 0.6) is 5.75 Å². The second-order valence-corrected chi connectivity index (χ2v) is 8.47. The van der Waals surface area contributed by atoms with Crippen LogP contribution in [0.15, 0.2) is 47.4 Å². The maximum atomic E-state index is 12.7. The number of fused-ring (bicyclic) bond motifs is 1. The molecule has 3 rings (SSSR count). The monoisotopic (exact) mass is 419 g/mol. The zero-order valence-electron chi connectivity index (χ0n) is 15.9. The number of hydrogen-bond acceptors (Lipinski definition) is 4. The zero-order valence-corrected chi connectivity index (χ0v) is 17.5. The van der Waals surface area contributed by atoms with E-state index in [1.165, 1.54) is 4.31 Å². The summed E-state index contributed by atoms with van der Waals surface area (Å²) < 4.78 is 32.1. The molecule has 3 aromatic rings. The number of hydrogen-bond donors (Lipinski definition) is 1. The van der Waals surface area contributed by atoms with Gasteiger partial charge in [0, 0.05) is 13.1 Å². The average Bonchev–Trinajstić information content (AvgIpc) is 3.12. The molecule has 0 spiro atoms. The number of sulfonamides is 1. The van der Waals surface area contributed by atoms with Crippen molar-refractivity contribution in [2.75, 3.05) is 20.2 Å². The molecule has 0 unspecified atom stereocenters. The first kappa shape index (κ1) is 20.4. The fourth-order valence-corrected chi connectivity index (χ4v) is 4.62.